The van der Waals surface area contributed by atoms with Crippen LogP contribution in [0.5, 0.6) is 0 Å². The smallest absolute Gasteiger partial charge is 0.289 e. The SMILES string of the molecule is CCCO[C@@H]1CCCN(C(=O)c2ncc(C)[nH]2)C1. The highest BCUT2D eigenvalue weighted by atomic mass is 16.5. The first-order chi connectivity index (χ1) is 8.70. The van der Waals surface area contributed by atoms with E-state index in [-0.39, 0.29) is 12.0 Å². The number of hydrogen-bond donors (Lipinski definition) is 1. The van der Waals surface area contributed by atoms with E-state index in [4.69, 9.17) is 4.74 Å². The van der Waals surface area contributed by atoms with Crippen LogP contribution < -0.4 is 0 Å². The highest BCUT2D eigenvalue weighted by Gasteiger charge is 2.26. The van der Waals surface area contributed by atoms with Crippen LogP contribution in [0.15, 0.2) is 6.20 Å². The lowest BCUT2D eigenvalue weighted by atomic mass is 10.1. The lowest BCUT2D eigenvalue weighted by molar-refractivity contribution is 0.00175. The number of hydrogen-bond acceptors (Lipinski definition) is 3. The van der Waals surface area contributed by atoms with E-state index in [1.54, 1.807) is 6.20 Å². The van der Waals surface area contributed by atoms with Crippen LogP contribution in [0.1, 0.15) is 42.5 Å². The van der Waals surface area contributed by atoms with Crippen LogP contribution in [-0.2, 0) is 4.74 Å². The molecule has 1 aliphatic rings. The summed E-state index contributed by atoms with van der Waals surface area (Å²) in [5.74, 6) is 0.413. The fourth-order valence-electron chi connectivity index (χ4n) is 2.21. The summed E-state index contributed by atoms with van der Waals surface area (Å²) >= 11 is 0. The Bertz CT molecular complexity index is 403. The second-order valence-electron chi connectivity index (χ2n) is 4.80. The zero-order valence-corrected chi connectivity index (χ0v) is 11.1. The number of imidazole rings is 1. The second-order valence-corrected chi connectivity index (χ2v) is 4.80. The summed E-state index contributed by atoms with van der Waals surface area (Å²) in [5.41, 5.74) is 0.911. The van der Waals surface area contributed by atoms with Gasteiger partial charge in [-0.2, -0.15) is 0 Å². The molecule has 2 rings (SSSR count). The van der Waals surface area contributed by atoms with Crippen LogP contribution in [0.25, 0.3) is 0 Å². The molecule has 5 heteroatoms. The van der Waals surface area contributed by atoms with Crippen LogP contribution >= 0.6 is 0 Å². The number of carbonyl (C=O) groups is 1. The number of nitrogens with one attached hydrogen (secondary N) is 1. The van der Waals surface area contributed by atoms with E-state index in [1.807, 2.05) is 11.8 Å². The molecule has 5 nitrogen and oxygen atoms in total. The maximum atomic E-state index is 12.2. The molecule has 0 saturated carbocycles. The molecule has 0 spiro atoms. The molecule has 1 amide bonds. The summed E-state index contributed by atoms with van der Waals surface area (Å²) in [6, 6.07) is 0. The van der Waals surface area contributed by atoms with Crippen molar-refractivity contribution >= 4 is 5.91 Å². The van der Waals surface area contributed by atoms with E-state index >= 15 is 0 Å². The van der Waals surface area contributed by atoms with Gasteiger partial charge in [-0.15, -0.1) is 0 Å². The second kappa shape index (κ2) is 6.00. The van der Waals surface area contributed by atoms with Gasteiger partial charge in [0.05, 0.1) is 6.10 Å². The van der Waals surface area contributed by atoms with Crippen molar-refractivity contribution in [3.05, 3.63) is 17.7 Å². The Morgan fingerprint density at radius 1 is 1.67 bits per heavy atom. The normalized spacial score (nSPS) is 20.1. The van der Waals surface area contributed by atoms with E-state index in [9.17, 15) is 4.79 Å². The standard InChI is InChI=1S/C13H21N3O2/c1-3-7-18-11-5-4-6-16(9-11)13(17)12-14-8-10(2)15-12/h8,11H,3-7,9H2,1-2H3,(H,14,15)/t11-/m1/s1. The van der Waals surface area contributed by atoms with Gasteiger partial charge in [0.1, 0.15) is 0 Å². The van der Waals surface area contributed by atoms with Crippen LogP contribution in [0, 0.1) is 6.92 Å². The molecule has 1 aromatic heterocycles. The molecule has 18 heavy (non-hydrogen) atoms. The van der Waals surface area contributed by atoms with Gasteiger partial charge in [0.2, 0.25) is 0 Å². The number of aromatic nitrogens is 2. The monoisotopic (exact) mass is 251 g/mol. The third kappa shape index (κ3) is 3.10. The van der Waals surface area contributed by atoms with E-state index in [0.29, 0.717) is 12.4 Å². The molecule has 1 N–H and O–H groups in total. The van der Waals surface area contributed by atoms with E-state index in [1.165, 1.54) is 0 Å². The lowest BCUT2D eigenvalue weighted by Gasteiger charge is -2.32. The molecule has 1 atom stereocenters. The van der Waals surface area contributed by atoms with Crippen LogP contribution in [0.4, 0.5) is 0 Å². The zero-order valence-electron chi connectivity index (χ0n) is 11.1. The number of carbonyl (C=O) groups excluding carboxylic acids is 1. The van der Waals surface area contributed by atoms with Crippen molar-refractivity contribution in [2.24, 2.45) is 0 Å². The molecule has 0 aliphatic carbocycles. The molecule has 1 aromatic rings. The Morgan fingerprint density at radius 2 is 2.50 bits per heavy atom. The van der Waals surface area contributed by atoms with Crippen LogP contribution in [0.3, 0.4) is 0 Å². The Labute approximate surface area is 108 Å². The maximum absolute atomic E-state index is 12.2. The van der Waals surface area contributed by atoms with Gasteiger partial charge in [-0.3, -0.25) is 4.79 Å². The Kier molecular flexibility index (Phi) is 4.36. The van der Waals surface area contributed by atoms with Crippen molar-refractivity contribution in [1.82, 2.24) is 14.9 Å². The van der Waals surface area contributed by atoms with Gasteiger partial charge in [-0.05, 0) is 26.2 Å². The number of aryl methyl sites for hydroxylation is 1. The van der Waals surface area contributed by atoms with Gasteiger partial charge in [-0.1, -0.05) is 6.92 Å². The van der Waals surface area contributed by atoms with Crippen molar-refractivity contribution in [2.45, 2.75) is 39.2 Å². The van der Waals surface area contributed by atoms with Crippen molar-refractivity contribution in [1.29, 1.82) is 0 Å². The van der Waals surface area contributed by atoms with Gasteiger partial charge < -0.3 is 14.6 Å². The van der Waals surface area contributed by atoms with E-state index in [0.717, 1.165) is 38.1 Å². The predicted octanol–water partition coefficient (Wildman–Crippen LogP) is 1.75. The van der Waals surface area contributed by atoms with Gasteiger partial charge in [0, 0.05) is 31.6 Å². The number of aromatic amines is 1. The third-order valence-corrected chi connectivity index (χ3v) is 3.13. The molecular weight excluding hydrogens is 230 g/mol. The van der Waals surface area contributed by atoms with Gasteiger partial charge in [0.25, 0.3) is 5.91 Å². The number of H-pyrrole nitrogens is 1. The van der Waals surface area contributed by atoms with Gasteiger partial charge in [-0.25, -0.2) is 4.98 Å². The van der Waals surface area contributed by atoms with Crippen molar-refractivity contribution in [3.8, 4) is 0 Å². The third-order valence-electron chi connectivity index (χ3n) is 3.13. The van der Waals surface area contributed by atoms with E-state index in [2.05, 4.69) is 16.9 Å². The van der Waals surface area contributed by atoms with Crippen molar-refractivity contribution in [2.75, 3.05) is 19.7 Å². The Hall–Kier alpha value is -1.36. The maximum Gasteiger partial charge on any atom is 0.289 e. The highest BCUT2D eigenvalue weighted by molar-refractivity contribution is 5.90. The number of rotatable bonds is 4. The van der Waals surface area contributed by atoms with Crippen molar-refractivity contribution < 1.29 is 9.53 Å². The number of likely N-dealkylation sites (tertiary alicyclic amines) is 1. The molecule has 100 valence electrons. The largest absolute Gasteiger partial charge is 0.376 e. The molecule has 0 aromatic carbocycles. The quantitative estimate of drug-likeness (QED) is 0.887. The molecule has 1 aliphatic heterocycles. The van der Waals surface area contributed by atoms with E-state index < -0.39 is 0 Å². The molecular formula is C13H21N3O2. The Morgan fingerprint density at radius 3 is 3.17 bits per heavy atom. The lowest BCUT2D eigenvalue weighted by Crippen LogP contribution is -2.43. The fourth-order valence-corrected chi connectivity index (χ4v) is 2.21. The number of piperidine rings is 1. The fraction of sp³-hybridized carbons (Fsp3) is 0.692. The molecule has 1 fully saturated rings. The summed E-state index contributed by atoms with van der Waals surface area (Å²) in [4.78, 5) is 21.1. The topological polar surface area (TPSA) is 58.2 Å². The van der Waals surface area contributed by atoms with Crippen LogP contribution in [0.2, 0.25) is 0 Å². The first-order valence-electron chi connectivity index (χ1n) is 6.63. The highest BCUT2D eigenvalue weighted by Crippen LogP contribution is 2.15. The summed E-state index contributed by atoms with van der Waals surface area (Å²) in [5, 5.41) is 0. The van der Waals surface area contributed by atoms with Gasteiger partial charge >= 0.3 is 0 Å². The summed E-state index contributed by atoms with van der Waals surface area (Å²) in [6.07, 6.45) is 4.92. The van der Waals surface area contributed by atoms with Gasteiger partial charge in [0.15, 0.2) is 5.82 Å². The summed E-state index contributed by atoms with van der Waals surface area (Å²) in [7, 11) is 0. The van der Waals surface area contributed by atoms with Crippen molar-refractivity contribution in [3.63, 3.8) is 0 Å². The molecule has 0 radical (unpaired) electrons. The number of ether oxygens (including phenoxy) is 1. The molecule has 2 heterocycles. The first kappa shape index (κ1) is 13.1. The number of nitrogens with zero attached hydrogens (tertiary/aromatic N) is 2. The summed E-state index contributed by atoms with van der Waals surface area (Å²) in [6.45, 7) is 6.24. The summed E-state index contributed by atoms with van der Waals surface area (Å²) < 4.78 is 5.73. The minimum absolute atomic E-state index is 0.0205. The van der Waals surface area contributed by atoms with Crippen LogP contribution in [-0.4, -0.2) is 46.6 Å². The average molecular weight is 251 g/mol. The minimum atomic E-state index is -0.0205. The first-order valence-corrected chi connectivity index (χ1v) is 6.63. The Balaban J connectivity index is 1.94. The number of amides is 1. The zero-order chi connectivity index (χ0) is 13.0. The molecule has 0 bridgehead atoms. The predicted molar refractivity (Wildman–Crippen MR) is 68.5 cm³/mol. The minimum Gasteiger partial charge on any atom is -0.376 e. The molecule has 1 saturated heterocycles. The average Bonchev–Trinajstić information content (AvgIpc) is 2.82. The molecule has 0 unspecified atom stereocenters.